The second kappa shape index (κ2) is 6.45. The van der Waals surface area contributed by atoms with Crippen LogP contribution in [0.4, 0.5) is 5.69 Å². The predicted molar refractivity (Wildman–Crippen MR) is 88.5 cm³/mol. The Bertz CT molecular complexity index is 648. The SMILES string of the molecule is Cc1ccc(C#N)cc1NC(C)c1ccc(C(C)C)cc1. The normalized spacial score (nSPS) is 12.0. The Hall–Kier alpha value is -2.27. The van der Waals surface area contributed by atoms with E-state index in [4.69, 9.17) is 5.26 Å². The smallest absolute Gasteiger partial charge is 0.0992 e. The molecular weight excluding hydrogens is 256 g/mol. The van der Waals surface area contributed by atoms with Crippen molar-refractivity contribution in [1.82, 2.24) is 0 Å². The first-order chi connectivity index (χ1) is 10.0. The van der Waals surface area contributed by atoms with Crippen molar-refractivity contribution >= 4 is 5.69 Å². The molecule has 108 valence electrons. The maximum absolute atomic E-state index is 9.01. The highest BCUT2D eigenvalue weighted by molar-refractivity contribution is 5.56. The number of hydrogen-bond acceptors (Lipinski definition) is 2. The lowest BCUT2D eigenvalue weighted by Crippen LogP contribution is -2.08. The summed E-state index contributed by atoms with van der Waals surface area (Å²) in [4.78, 5) is 0. The quantitative estimate of drug-likeness (QED) is 0.838. The molecule has 0 fully saturated rings. The molecule has 2 rings (SSSR count). The van der Waals surface area contributed by atoms with E-state index in [9.17, 15) is 0 Å². The van der Waals surface area contributed by atoms with Gasteiger partial charge in [0.25, 0.3) is 0 Å². The van der Waals surface area contributed by atoms with E-state index in [0.717, 1.165) is 11.3 Å². The van der Waals surface area contributed by atoms with Crippen LogP contribution < -0.4 is 5.32 Å². The molecule has 0 heterocycles. The molecule has 0 amide bonds. The zero-order valence-electron chi connectivity index (χ0n) is 13.1. The van der Waals surface area contributed by atoms with Gasteiger partial charge in [0.05, 0.1) is 11.6 Å². The molecule has 2 aromatic rings. The van der Waals surface area contributed by atoms with Gasteiger partial charge in [-0.2, -0.15) is 5.26 Å². The van der Waals surface area contributed by atoms with Crippen molar-refractivity contribution in [3.63, 3.8) is 0 Å². The first-order valence-electron chi connectivity index (χ1n) is 7.38. The molecular formula is C19H22N2. The van der Waals surface area contributed by atoms with Crippen molar-refractivity contribution in [3.8, 4) is 6.07 Å². The third-order valence-electron chi connectivity index (χ3n) is 3.84. The van der Waals surface area contributed by atoms with Crippen LogP contribution in [0.2, 0.25) is 0 Å². The Labute approximate surface area is 127 Å². The predicted octanol–water partition coefficient (Wildman–Crippen LogP) is 5.16. The van der Waals surface area contributed by atoms with E-state index < -0.39 is 0 Å². The Balaban J connectivity index is 2.18. The van der Waals surface area contributed by atoms with Gasteiger partial charge in [0.2, 0.25) is 0 Å². The van der Waals surface area contributed by atoms with Gasteiger partial charge in [-0.15, -0.1) is 0 Å². The van der Waals surface area contributed by atoms with Gasteiger partial charge in [0, 0.05) is 11.7 Å². The van der Waals surface area contributed by atoms with Crippen molar-refractivity contribution in [3.05, 3.63) is 64.7 Å². The topological polar surface area (TPSA) is 35.8 Å². The van der Waals surface area contributed by atoms with Gasteiger partial charge < -0.3 is 5.32 Å². The molecule has 0 saturated heterocycles. The summed E-state index contributed by atoms with van der Waals surface area (Å²) in [5, 5.41) is 12.5. The number of rotatable bonds is 4. The summed E-state index contributed by atoms with van der Waals surface area (Å²) in [5.41, 5.74) is 5.47. The second-order valence-electron chi connectivity index (χ2n) is 5.83. The third kappa shape index (κ3) is 3.64. The number of hydrogen-bond donors (Lipinski definition) is 1. The van der Waals surface area contributed by atoms with Crippen molar-refractivity contribution in [2.45, 2.75) is 39.7 Å². The fraction of sp³-hybridized carbons (Fsp3) is 0.316. The number of nitrogens with one attached hydrogen (secondary N) is 1. The van der Waals surface area contributed by atoms with Crippen molar-refractivity contribution in [2.75, 3.05) is 5.32 Å². The number of aryl methyl sites for hydroxylation is 1. The molecule has 0 saturated carbocycles. The first-order valence-corrected chi connectivity index (χ1v) is 7.38. The molecule has 0 aliphatic heterocycles. The van der Waals surface area contributed by atoms with E-state index in [0.29, 0.717) is 11.5 Å². The maximum Gasteiger partial charge on any atom is 0.0992 e. The van der Waals surface area contributed by atoms with Gasteiger partial charge in [-0.1, -0.05) is 44.2 Å². The molecule has 1 N–H and O–H groups in total. The van der Waals surface area contributed by atoms with Crippen LogP contribution in [-0.2, 0) is 0 Å². The molecule has 0 radical (unpaired) electrons. The minimum absolute atomic E-state index is 0.207. The highest BCUT2D eigenvalue weighted by atomic mass is 14.9. The minimum Gasteiger partial charge on any atom is -0.378 e. The average Bonchev–Trinajstić information content (AvgIpc) is 2.49. The van der Waals surface area contributed by atoms with E-state index in [1.807, 2.05) is 18.2 Å². The van der Waals surface area contributed by atoms with Crippen LogP contribution in [0, 0.1) is 18.3 Å². The molecule has 2 aromatic carbocycles. The summed E-state index contributed by atoms with van der Waals surface area (Å²) in [6.45, 7) is 8.60. The Morgan fingerprint density at radius 1 is 0.952 bits per heavy atom. The van der Waals surface area contributed by atoms with Gasteiger partial charge in [-0.3, -0.25) is 0 Å². The van der Waals surface area contributed by atoms with Crippen LogP contribution in [0.25, 0.3) is 0 Å². The van der Waals surface area contributed by atoms with Crippen molar-refractivity contribution < 1.29 is 0 Å². The first kappa shape index (κ1) is 15.1. The number of benzene rings is 2. The standard InChI is InChI=1S/C19H22N2/c1-13(2)17-7-9-18(10-8-17)15(4)21-19-11-16(12-20)6-5-14(19)3/h5-11,13,15,21H,1-4H3. The van der Waals surface area contributed by atoms with Gasteiger partial charge in [-0.25, -0.2) is 0 Å². The molecule has 2 nitrogen and oxygen atoms in total. The van der Waals surface area contributed by atoms with Crippen LogP contribution in [0.3, 0.4) is 0 Å². The highest BCUT2D eigenvalue weighted by Crippen LogP contribution is 2.24. The Morgan fingerprint density at radius 2 is 1.57 bits per heavy atom. The average molecular weight is 278 g/mol. The van der Waals surface area contributed by atoms with Crippen LogP contribution in [0.15, 0.2) is 42.5 Å². The van der Waals surface area contributed by atoms with E-state index in [1.54, 1.807) is 0 Å². The third-order valence-corrected chi connectivity index (χ3v) is 3.84. The van der Waals surface area contributed by atoms with E-state index in [-0.39, 0.29) is 6.04 Å². The second-order valence-corrected chi connectivity index (χ2v) is 5.83. The lowest BCUT2D eigenvalue weighted by Gasteiger charge is -2.18. The van der Waals surface area contributed by atoms with Crippen molar-refractivity contribution in [2.24, 2.45) is 0 Å². The lowest BCUT2D eigenvalue weighted by molar-refractivity contribution is 0.851. The molecule has 0 aromatic heterocycles. The summed E-state index contributed by atoms with van der Waals surface area (Å²) in [6, 6.07) is 16.9. The molecule has 21 heavy (non-hydrogen) atoms. The fourth-order valence-corrected chi connectivity index (χ4v) is 2.33. The summed E-state index contributed by atoms with van der Waals surface area (Å²) < 4.78 is 0. The van der Waals surface area contributed by atoms with Crippen molar-refractivity contribution in [1.29, 1.82) is 5.26 Å². The number of anilines is 1. The zero-order chi connectivity index (χ0) is 15.4. The minimum atomic E-state index is 0.207. The molecule has 1 atom stereocenters. The van der Waals surface area contributed by atoms with E-state index in [1.165, 1.54) is 11.1 Å². The van der Waals surface area contributed by atoms with Crippen LogP contribution in [0.5, 0.6) is 0 Å². The zero-order valence-corrected chi connectivity index (χ0v) is 13.1. The van der Waals surface area contributed by atoms with E-state index in [2.05, 4.69) is 63.3 Å². The van der Waals surface area contributed by atoms with Gasteiger partial charge in [0.1, 0.15) is 0 Å². The molecule has 0 aliphatic rings. The van der Waals surface area contributed by atoms with Gasteiger partial charge in [-0.05, 0) is 48.6 Å². The van der Waals surface area contributed by atoms with E-state index >= 15 is 0 Å². The highest BCUT2D eigenvalue weighted by Gasteiger charge is 2.08. The molecule has 2 heteroatoms. The monoisotopic (exact) mass is 278 g/mol. The van der Waals surface area contributed by atoms with Crippen LogP contribution in [-0.4, -0.2) is 0 Å². The lowest BCUT2D eigenvalue weighted by atomic mass is 9.99. The molecule has 0 aliphatic carbocycles. The number of nitriles is 1. The van der Waals surface area contributed by atoms with Crippen LogP contribution >= 0.6 is 0 Å². The van der Waals surface area contributed by atoms with Crippen LogP contribution in [0.1, 0.15) is 55.0 Å². The summed E-state index contributed by atoms with van der Waals surface area (Å²) in [5.74, 6) is 0.553. The fourth-order valence-electron chi connectivity index (χ4n) is 2.33. The molecule has 1 unspecified atom stereocenters. The maximum atomic E-state index is 9.01. The van der Waals surface area contributed by atoms with Gasteiger partial charge >= 0.3 is 0 Å². The number of nitrogens with zero attached hydrogens (tertiary/aromatic N) is 1. The Morgan fingerprint density at radius 3 is 2.14 bits per heavy atom. The largest absolute Gasteiger partial charge is 0.378 e. The Kier molecular flexibility index (Phi) is 4.65. The molecule has 0 bridgehead atoms. The van der Waals surface area contributed by atoms with Gasteiger partial charge in [0.15, 0.2) is 0 Å². The summed E-state index contributed by atoms with van der Waals surface area (Å²) >= 11 is 0. The summed E-state index contributed by atoms with van der Waals surface area (Å²) in [6.07, 6.45) is 0. The summed E-state index contributed by atoms with van der Waals surface area (Å²) in [7, 11) is 0. The molecule has 0 spiro atoms.